The summed E-state index contributed by atoms with van der Waals surface area (Å²) in [4.78, 5) is 36.5. The molecule has 0 saturated carbocycles. The van der Waals surface area contributed by atoms with Crippen molar-refractivity contribution < 1.29 is 13.9 Å². The van der Waals surface area contributed by atoms with E-state index >= 15 is 0 Å². The van der Waals surface area contributed by atoms with Gasteiger partial charge in [-0.1, -0.05) is 12.1 Å². The van der Waals surface area contributed by atoms with E-state index in [9.17, 15) is 18.8 Å². The largest absolute Gasteiger partial charge is 0.469 e. The molecule has 0 saturated heterocycles. The zero-order valence-electron chi connectivity index (χ0n) is 14.7. The van der Waals surface area contributed by atoms with E-state index in [0.29, 0.717) is 22.2 Å². The zero-order chi connectivity index (χ0) is 19.0. The van der Waals surface area contributed by atoms with Gasteiger partial charge in [-0.2, -0.15) is 0 Å². The van der Waals surface area contributed by atoms with Crippen molar-refractivity contribution in [1.82, 2.24) is 13.7 Å². The molecule has 0 spiro atoms. The van der Waals surface area contributed by atoms with Crippen LogP contribution in [0, 0.1) is 5.82 Å². The number of hydrogen-bond acceptors (Lipinski definition) is 4. The number of fused-ring (bicyclic) bond motifs is 1. The number of ether oxygens (including phenoxy) is 1. The molecule has 136 valence electrons. The summed E-state index contributed by atoms with van der Waals surface area (Å²) in [6.07, 6.45) is 1.70. The molecule has 0 aliphatic rings. The number of carbonyl (C=O) groups excluding carboxylic acids is 1. The van der Waals surface area contributed by atoms with Crippen LogP contribution in [-0.4, -0.2) is 26.8 Å². The van der Waals surface area contributed by atoms with Crippen LogP contribution in [0.4, 0.5) is 4.39 Å². The molecule has 0 atom stereocenters. The SMILES string of the molecule is COC(=O)CCn1cc2c(c1-c1cccc(F)c1)c(=O)n(C)c(=O)n2C. The lowest BCUT2D eigenvalue weighted by atomic mass is 10.1. The summed E-state index contributed by atoms with van der Waals surface area (Å²) < 4.78 is 22.5. The molecule has 0 N–H and O–H groups in total. The highest BCUT2D eigenvalue weighted by atomic mass is 19.1. The van der Waals surface area contributed by atoms with Crippen LogP contribution in [0.15, 0.2) is 40.1 Å². The second-order valence-electron chi connectivity index (χ2n) is 5.97. The fraction of sp³-hybridized carbons (Fsp3) is 0.278. The van der Waals surface area contributed by atoms with E-state index in [1.54, 1.807) is 29.9 Å². The van der Waals surface area contributed by atoms with E-state index in [1.807, 2.05) is 0 Å². The van der Waals surface area contributed by atoms with E-state index in [0.717, 1.165) is 4.57 Å². The van der Waals surface area contributed by atoms with Crippen LogP contribution in [0.3, 0.4) is 0 Å². The topological polar surface area (TPSA) is 75.2 Å². The Labute approximate surface area is 147 Å². The molecule has 8 heteroatoms. The third kappa shape index (κ3) is 2.83. The van der Waals surface area contributed by atoms with E-state index in [1.165, 1.54) is 30.9 Å². The van der Waals surface area contributed by atoms with Crippen molar-refractivity contribution in [2.24, 2.45) is 14.1 Å². The number of aromatic nitrogens is 3. The maximum atomic E-state index is 13.8. The third-order valence-electron chi connectivity index (χ3n) is 4.39. The van der Waals surface area contributed by atoms with Crippen LogP contribution in [-0.2, 0) is 30.2 Å². The number of carbonyl (C=O) groups is 1. The molecule has 7 nitrogen and oxygen atoms in total. The molecule has 3 aromatic rings. The van der Waals surface area contributed by atoms with Crippen LogP contribution in [0.1, 0.15) is 6.42 Å². The average Bonchev–Trinajstić information content (AvgIpc) is 3.02. The minimum absolute atomic E-state index is 0.0774. The quantitative estimate of drug-likeness (QED) is 0.660. The third-order valence-corrected chi connectivity index (χ3v) is 4.39. The number of nitrogens with zero attached hydrogens (tertiary/aromatic N) is 3. The molecule has 0 fully saturated rings. The Morgan fingerprint density at radius 1 is 1.19 bits per heavy atom. The average molecular weight is 359 g/mol. The number of aryl methyl sites for hydroxylation is 2. The van der Waals surface area contributed by atoms with Crippen molar-refractivity contribution in [3.05, 3.63) is 57.1 Å². The highest BCUT2D eigenvalue weighted by molar-refractivity contribution is 5.93. The van der Waals surface area contributed by atoms with Crippen LogP contribution >= 0.6 is 0 Å². The highest BCUT2D eigenvalue weighted by Crippen LogP contribution is 2.28. The first-order valence-electron chi connectivity index (χ1n) is 7.96. The summed E-state index contributed by atoms with van der Waals surface area (Å²) in [5.74, 6) is -0.854. The van der Waals surface area contributed by atoms with Crippen molar-refractivity contribution in [1.29, 1.82) is 0 Å². The van der Waals surface area contributed by atoms with Crippen molar-refractivity contribution >= 4 is 16.9 Å². The number of methoxy groups -OCH3 is 1. The van der Waals surface area contributed by atoms with Crippen molar-refractivity contribution in [2.75, 3.05) is 7.11 Å². The number of halogens is 1. The Kier molecular flexibility index (Phi) is 4.50. The van der Waals surface area contributed by atoms with E-state index < -0.39 is 23.0 Å². The van der Waals surface area contributed by atoms with Gasteiger partial charge in [-0.05, 0) is 12.1 Å². The molecule has 2 aromatic heterocycles. The van der Waals surface area contributed by atoms with E-state index in [2.05, 4.69) is 4.74 Å². The molecule has 0 aliphatic carbocycles. The first-order chi connectivity index (χ1) is 12.3. The molecule has 0 radical (unpaired) electrons. The summed E-state index contributed by atoms with van der Waals surface area (Å²) in [6.45, 7) is 0.227. The van der Waals surface area contributed by atoms with Crippen LogP contribution in [0.5, 0.6) is 0 Å². The number of rotatable bonds is 4. The van der Waals surface area contributed by atoms with Crippen LogP contribution < -0.4 is 11.2 Å². The van der Waals surface area contributed by atoms with Gasteiger partial charge in [0.25, 0.3) is 5.56 Å². The normalized spacial score (nSPS) is 11.1. The Morgan fingerprint density at radius 2 is 1.92 bits per heavy atom. The Morgan fingerprint density at radius 3 is 2.58 bits per heavy atom. The molecular weight excluding hydrogens is 341 g/mol. The lowest BCUT2D eigenvalue weighted by Crippen LogP contribution is -2.36. The van der Waals surface area contributed by atoms with Crippen LogP contribution in [0.25, 0.3) is 22.2 Å². The lowest BCUT2D eigenvalue weighted by molar-refractivity contribution is -0.140. The highest BCUT2D eigenvalue weighted by Gasteiger charge is 2.20. The Hall–Kier alpha value is -3.16. The molecule has 1 aromatic carbocycles. The molecule has 0 aliphatic heterocycles. The van der Waals surface area contributed by atoms with E-state index in [4.69, 9.17) is 0 Å². The molecule has 26 heavy (non-hydrogen) atoms. The molecule has 2 heterocycles. The maximum absolute atomic E-state index is 13.8. The Bertz CT molecular complexity index is 1120. The molecule has 0 amide bonds. The van der Waals surface area contributed by atoms with Crippen LogP contribution in [0.2, 0.25) is 0 Å². The fourth-order valence-corrected chi connectivity index (χ4v) is 3.03. The second kappa shape index (κ2) is 6.62. The van der Waals surface area contributed by atoms with Gasteiger partial charge in [0.05, 0.1) is 30.1 Å². The van der Waals surface area contributed by atoms with Crippen molar-refractivity contribution in [2.45, 2.75) is 13.0 Å². The summed E-state index contributed by atoms with van der Waals surface area (Å²) in [7, 11) is 4.25. The fourth-order valence-electron chi connectivity index (χ4n) is 3.03. The number of hydrogen-bond donors (Lipinski definition) is 0. The predicted molar refractivity (Wildman–Crippen MR) is 94.4 cm³/mol. The van der Waals surface area contributed by atoms with Gasteiger partial charge in [0.2, 0.25) is 0 Å². The van der Waals surface area contributed by atoms with Gasteiger partial charge in [0.1, 0.15) is 5.82 Å². The van der Waals surface area contributed by atoms with Gasteiger partial charge < -0.3 is 9.30 Å². The second-order valence-corrected chi connectivity index (χ2v) is 5.97. The molecular formula is C18H18FN3O4. The van der Waals surface area contributed by atoms with Gasteiger partial charge in [0.15, 0.2) is 0 Å². The minimum Gasteiger partial charge on any atom is -0.469 e. The first kappa shape index (κ1) is 17.7. The molecule has 0 bridgehead atoms. The van der Waals surface area contributed by atoms with E-state index in [-0.39, 0.29) is 13.0 Å². The Balaban J connectivity index is 2.35. The number of esters is 1. The van der Waals surface area contributed by atoms with Gasteiger partial charge in [-0.3, -0.25) is 18.7 Å². The monoisotopic (exact) mass is 359 g/mol. The first-order valence-corrected chi connectivity index (χ1v) is 7.96. The summed E-state index contributed by atoms with van der Waals surface area (Å²) >= 11 is 0. The van der Waals surface area contributed by atoms with Gasteiger partial charge in [-0.15, -0.1) is 0 Å². The maximum Gasteiger partial charge on any atom is 0.330 e. The van der Waals surface area contributed by atoms with Crippen molar-refractivity contribution in [3.8, 4) is 11.3 Å². The standard InChI is InChI=1S/C18H18FN3O4/c1-20-13-10-22(8-7-14(23)26-3)16(11-5-4-6-12(19)9-11)15(13)17(24)21(2)18(20)25/h4-6,9-10H,7-8H2,1-3H3. The predicted octanol–water partition coefficient (Wildman–Crippen LogP) is 1.41. The summed E-state index contributed by atoms with van der Waals surface area (Å²) in [6, 6.07) is 5.84. The smallest absolute Gasteiger partial charge is 0.330 e. The number of benzene rings is 1. The minimum atomic E-state index is -0.473. The summed E-state index contributed by atoms with van der Waals surface area (Å²) in [5, 5.41) is 0.296. The van der Waals surface area contributed by atoms with Gasteiger partial charge in [-0.25, -0.2) is 9.18 Å². The van der Waals surface area contributed by atoms with Gasteiger partial charge >= 0.3 is 11.7 Å². The zero-order valence-corrected chi connectivity index (χ0v) is 14.7. The van der Waals surface area contributed by atoms with Gasteiger partial charge in [0, 0.05) is 32.4 Å². The molecule has 3 rings (SSSR count). The van der Waals surface area contributed by atoms with Crippen molar-refractivity contribution in [3.63, 3.8) is 0 Å². The molecule has 0 unspecified atom stereocenters. The lowest BCUT2D eigenvalue weighted by Gasteiger charge is -2.09. The summed E-state index contributed by atoms with van der Waals surface area (Å²) in [5.41, 5.74) is 0.431.